The lowest BCUT2D eigenvalue weighted by Gasteiger charge is -2.33. The third kappa shape index (κ3) is 4.48. The summed E-state index contributed by atoms with van der Waals surface area (Å²) >= 11 is 1.31. The monoisotopic (exact) mass is 479 g/mol. The number of fused-ring (bicyclic) bond motifs is 1. The van der Waals surface area contributed by atoms with Crippen LogP contribution in [0.4, 0.5) is 13.2 Å². The van der Waals surface area contributed by atoms with E-state index in [1.165, 1.54) is 11.3 Å². The lowest BCUT2D eigenvalue weighted by molar-refractivity contribution is -0.182. The summed E-state index contributed by atoms with van der Waals surface area (Å²) < 4.78 is 46.9. The van der Waals surface area contributed by atoms with Crippen LogP contribution in [0.2, 0.25) is 0 Å². The van der Waals surface area contributed by atoms with Gasteiger partial charge in [-0.25, -0.2) is 9.50 Å². The molecule has 1 saturated heterocycles. The number of hydrogen-bond acceptors (Lipinski definition) is 6. The number of aromatic nitrogens is 4. The summed E-state index contributed by atoms with van der Waals surface area (Å²) in [6.45, 7) is 3.15. The summed E-state index contributed by atoms with van der Waals surface area (Å²) in [5.74, 6) is -1.31. The fourth-order valence-corrected chi connectivity index (χ4v) is 5.37. The zero-order valence-corrected chi connectivity index (χ0v) is 18.9. The van der Waals surface area contributed by atoms with E-state index in [1.54, 1.807) is 21.1 Å². The number of carbonyl (C=O) groups is 1. The number of morpholine rings is 1. The molecule has 3 aromatic heterocycles. The van der Waals surface area contributed by atoms with Crippen molar-refractivity contribution in [2.75, 3.05) is 19.7 Å². The normalized spacial score (nSPS) is 24.4. The van der Waals surface area contributed by atoms with E-state index in [0.29, 0.717) is 43.1 Å². The molecule has 0 unspecified atom stereocenters. The molecule has 1 aliphatic heterocycles. The number of amides is 1. The van der Waals surface area contributed by atoms with Crippen molar-refractivity contribution in [1.29, 1.82) is 0 Å². The SMILES string of the molecule is Cc1cc([C@H]2CN(C(=O)c3cncs3)CCO2)n2nc([C@H]3CC[C@H](C(F)(F)F)CC3)cc2n1. The van der Waals surface area contributed by atoms with Gasteiger partial charge < -0.3 is 9.64 Å². The van der Waals surface area contributed by atoms with Crippen LogP contribution < -0.4 is 0 Å². The molecule has 176 valence electrons. The molecule has 3 aromatic rings. The topological polar surface area (TPSA) is 72.6 Å². The van der Waals surface area contributed by atoms with Crippen molar-refractivity contribution < 1.29 is 22.7 Å². The fourth-order valence-electron chi connectivity index (χ4n) is 4.78. The second-order valence-electron chi connectivity index (χ2n) is 8.73. The maximum absolute atomic E-state index is 13.0. The van der Waals surface area contributed by atoms with Crippen molar-refractivity contribution in [3.63, 3.8) is 0 Å². The number of aryl methyl sites for hydroxylation is 1. The molecule has 1 saturated carbocycles. The van der Waals surface area contributed by atoms with Crippen molar-refractivity contribution in [2.45, 2.75) is 50.8 Å². The van der Waals surface area contributed by atoms with Gasteiger partial charge in [0.2, 0.25) is 0 Å². The molecule has 2 fully saturated rings. The number of halogens is 3. The molecule has 11 heteroatoms. The molecule has 0 aromatic carbocycles. The Morgan fingerprint density at radius 3 is 2.70 bits per heavy atom. The lowest BCUT2D eigenvalue weighted by Crippen LogP contribution is -2.42. The smallest absolute Gasteiger partial charge is 0.368 e. The van der Waals surface area contributed by atoms with E-state index in [9.17, 15) is 18.0 Å². The summed E-state index contributed by atoms with van der Waals surface area (Å²) in [6.07, 6.45) is -1.77. The number of rotatable bonds is 3. The largest absolute Gasteiger partial charge is 0.391 e. The molecular weight excluding hydrogens is 455 g/mol. The second kappa shape index (κ2) is 8.68. The van der Waals surface area contributed by atoms with Gasteiger partial charge in [0.15, 0.2) is 5.65 Å². The van der Waals surface area contributed by atoms with Gasteiger partial charge >= 0.3 is 6.18 Å². The number of thiazole rings is 1. The molecule has 0 bridgehead atoms. The predicted molar refractivity (Wildman–Crippen MR) is 115 cm³/mol. The zero-order chi connectivity index (χ0) is 23.2. The first-order valence-electron chi connectivity index (χ1n) is 11.0. The molecule has 4 heterocycles. The third-order valence-electron chi connectivity index (χ3n) is 6.54. The van der Waals surface area contributed by atoms with Crippen LogP contribution in [0.5, 0.6) is 0 Å². The van der Waals surface area contributed by atoms with Crippen LogP contribution in [0.3, 0.4) is 0 Å². The highest BCUT2D eigenvalue weighted by Crippen LogP contribution is 2.42. The first-order valence-corrected chi connectivity index (χ1v) is 11.9. The summed E-state index contributed by atoms with van der Waals surface area (Å²) in [5.41, 5.74) is 4.62. The Labute approximate surface area is 192 Å². The number of hydrogen-bond donors (Lipinski definition) is 0. The van der Waals surface area contributed by atoms with E-state index in [4.69, 9.17) is 9.84 Å². The number of ether oxygens (including phenoxy) is 1. The van der Waals surface area contributed by atoms with Gasteiger partial charge in [-0.3, -0.25) is 9.78 Å². The minimum absolute atomic E-state index is 0.0184. The van der Waals surface area contributed by atoms with Crippen molar-refractivity contribution in [3.8, 4) is 0 Å². The molecular formula is C22H24F3N5O2S. The van der Waals surface area contributed by atoms with Gasteiger partial charge in [-0.15, -0.1) is 11.3 Å². The standard InChI is InChI=1S/C22H24F3N5O2S/c1-13-8-17(18-11-29(6-7-32-18)21(31)19-10-26-12-33-19)30-20(27-13)9-16(28-30)14-2-4-15(5-3-14)22(23,24)25/h8-10,12,14-15,18H,2-7,11H2,1H3/t14-,15-,18-/m1/s1. The van der Waals surface area contributed by atoms with Gasteiger partial charge in [0.25, 0.3) is 5.91 Å². The third-order valence-corrected chi connectivity index (χ3v) is 7.30. The van der Waals surface area contributed by atoms with Crippen molar-refractivity contribution >= 4 is 22.9 Å². The van der Waals surface area contributed by atoms with Crippen LogP contribution in [0, 0.1) is 12.8 Å². The van der Waals surface area contributed by atoms with Crippen molar-refractivity contribution in [3.05, 3.63) is 45.8 Å². The van der Waals surface area contributed by atoms with Gasteiger partial charge in [-0.2, -0.15) is 18.3 Å². The summed E-state index contributed by atoms with van der Waals surface area (Å²) in [4.78, 5) is 23.7. The minimum atomic E-state index is -4.13. The molecule has 0 spiro atoms. The van der Waals surface area contributed by atoms with Crippen LogP contribution in [0.25, 0.3) is 5.65 Å². The van der Waals surface area contributed by atoms with E-state index in [-0.39, 0.29) is 30.8 Å². The highest BCUT2D eigenvalue weighted by atomic mass is 32.1. The Morgan fingerprint density at radius 2 is 2.00 bits per heavy atom. The average Bonchev–Trinajstić information content (AvgIpc) is 3.48. The van der Waals surface area contributed by atoms with E-state index in [1.807, 2.05) is 19.1 Å². The molecule has 0 radical (unpaired) electrons. The van der Waals surface area contributed by atoms with Crippen LogP contribution in [-0.4, -0.2) is 56.3 Å². The van der Waals surface area contributed by atoms with Gasteiger partial charge in [0.05, 0.1) is 42.2 Å². The average molecular weight is 480 g/mol. The van der Waals surface area contributed by atoms with E-state index in [2.05, 4.69) is 9.97 Å². The number of nitrogens with zero attached hydrogens (tertiary/aromatic N) is 5. The Hall–Kier alpha value is -2.53. The fraction of sp³-hybridized carbons (Fsp3) is 0.545. The van der Waals surface area contributed by atoms with Crippen LogP contribution in [-0.2, 0) is 4.74 Å². The Kier molecular flexibility index (Phi) is 5.86. The van der Waals surface area contributed by atoms with Crippen molar-refractivity contribution in [2.24, 2.45) is 5.92 Å². The van der Waals surface area contributed by atoms with Crippen molar-refractivity contribution in [1.82, 2.24) is 24.5 Å². The van der Waals surface area contributed by atoms with Gasteiger partial charge in [0, 0.05) is 24.2 Å². The molecule has 1 atom stereocenters. The lowest BCUT2D eigenvalue weighted by atomic mass is 9.80. The minimum Gasteiger partial charge on any atom is -0.368 e. The Morgan fingerprint density at radius 1 is 1.21 bits per heavy atom. The van der Waals surface area contributed by atoms with Gasteiger partial charge in [-0.05, 0) is 38.7 Å². The highest BCUT2D eigenvalue weighted by molar-refractivity contribution is 7.11. The molecule has 5 rings (SSSR count). The second-order valence-corrected chi connectivity index (χ2v) is 9.61. The first kappa shape index (κ1) is 22.3. The summed E-state index contributed by atoms with van der Waals surface area (Å²) in [6, 6.07) is 3.77. The molecule has 33 heavy (non-hydrogen) atoms. The number of carbonyl (C=O) groups excluding carboxylic acids is 1. The molecule has 2 aliphatic rings. The maximum atomic E-state index is 13.0. The molecule has 1 aliphatic carbocycles. The maximum Gasteiger partial charge on any atom is 0.391 e. The molecule has 1 amide bonds. The van der Waals surface area contributed by atoms with E-state index in [0.717, 1.165) is 17.1 Å². The summed E-state index contributed by atoms with van der Waals surface area (Å²) in [5, 5.41) is 4.74. The van der Waals surface area contributed by atoms with Crippen LogP contribution in [0.1, 0.15) is 64.5 Å². The zero-order valence-electron chi connectivity index (χ0n) is 18.1. The van der Waals surface area contributed by atoms with Crippen LogP contribution >= 0.6 is 11.3 Å². The molecule has 0 N–H and O–H groups in total. The van der Waals surface area contributed by atoms with Gasteiger partial charge in [-0.1, -0.05) is 0 Å². The molecule has 7 nitrogen and oxygen atoms in total. The van der Waals surface area contributed by atoms with E-state index >= 15 is 0 Å². The summed E-state index contributed by atoms with van der Waals surface area (Å²) in [7, 11) is 0. The Balaban J connectivity index is 1.39. The predicted octanol–water partition coefficient (Wildman–Crippen LogP) is 4.54. The number of alkyl halides is 3. The first-order chi connectivity index (χ1) is 15.8. The highest BCUT2D eigenvalue weighted by Gasteiger charge is 2.42. The Bertz CT molecular complexity index is 1140. The van der Waals surface area contributed by atoms with Gasteiger partial charge in [0.1, 0.15) is 11.0 Å². The van der Waals surface area contributed by atoms with E-state index < -0.39 is 12.1 Å². The quantitative estimate of drug-likeness (QED) is 0.551. The van der Waals surface area contributed by atoms with Crippen LogP contribution in [0.15, 0.2) is 23.8 Å².